The predicted octanol–water partition coefficient (Wildman–Crippen LogP) is 2.96. The van der Waals surface area contributed by atoms with E-state index in [0.717, 1.165) is 12.1 Å². The average molecular weight is 643 g/mol. The fourth-order valence-electron chi connectivity index (χ4n) is 5.36. The molecule has 0 bridgehead atoms. The van der Waals surface area contributed by atoms with Crippen molar-refractivity contribution in [3.05, 3.63) is 99.6 Å². The number of H-pyrrole nitrogens is 1. The first kappa shape index (κ1) is 32.8. The minimum atomic E-state index is -1.74. The van der Waals surface area contributed by atoms with Crippen LogP contribution in [0.25, 0.3) is 11.4 Å². The van der Waals surface area contributed by atoms with Crippen molar-refractivity contribution in [1.29, 1.82) is 0 Å². The first-order chi connectivity index (χ1) is 22.6. The number of aromatic nitrogens is 4. The second-order valence-corrected chi connectivity index (χ2v) is 11.6. The summed E-state index contributed by atoms with van der Waals surface area (Å²) in [6.07, 6.45) is -1.02. The maximum absolute atomic E-state index is 13.6. The summed E-state index contributed by atoms with van der Waals surface area (Å²) in [7, 11) is 0. The summed E-state index contributed by atoms with van der Waals surface area (Å²) >= 11 is 0. The molecule has 5 rings (SSSR count). The summed E-state index contributed by atoms with van der Waals surface area (Å²) in [5.41, 5.74) is 0.922. The molecule has 1 aliphatic rings. The molecule has 0 saturated carbocycles. The van der Waals surface area contributed by atoms with E-state index in [0.29, 0.717) is 35.7 Å². The second-order valence-electron chi connectivity index (χ2n) is 11.6. The zero-order valence-electron chi connectivity index (χ0n) is 25.7. The molecule has 3 amide bonds. The monoisotopic (exact) mass is 642 g/mol. The van der Waals surface area contributed by atoms with Gasteiger partial charge in [0.25, 0.3) is 23.4 Å². The number of nitrogens with one attached hydrogen (secondary N) is 3. The van der Waals surface area contributed by atoms with Gasteiger partial charge >= 0.3 is 0 Å². The van der Waals surface area contributed by atoms with Crippen molar-refractivity contribution in [3.8, 4) is 11.4 Å². The number of hydrogen-bond donors (Lipinski definition) is 4. The van der Waals surface area contributed by atoms with Crippen LogP contribution in [0.4, 0.5) is 11.4 Å². The third-order valence-electron chi connectivity index (χ3n) is 7.62. The van der Waals surface area contributed by atoms with Crippen molar-refractivity contribution in [2.45, 2.75) is 44.9 Å². The van der Waals surface area contributed by atoms with Gasteiger partial charge in [-0.3, -0.25) is 24.5 Å². The molecule has 15 heteroatoms. The largest absolute Gasteiger partial charge is 0.381 e. The van der Waals surface area contributed by atoms with E-state index in [2.05, 4.69) is 31.3 Å². The molecule has 0 spiro atoms. The van der Waals surface area contributed by atoms with Crippen LogP contribution in [-0.4, -0.2) is 84.8 Å². The number of aliphatic hydroxyl groups excluding tert-OH is 1. The van der Waals surface area contributed by atoms with Crippen LogP contribution >= 0.6 is 0 Å². The van der Waals surface area contributed by atoms with Gasteiger partial charge in [-0.05, 0) is 47.7 Å². The molecule has 244 valence electrons. The van der Waals surface area contributed by atoms with Gasteiger partial charge in [-0.15, -0.1) is 10.2 Å². The Labute approximate surface area is 269 Å². The van der Waals surface area contributed by atoms with Crippen LogP contribution in [0.3, 0.4) is 0 Å². The van der Waals surface area contributed by atoms with Gasteiger partial charge < -0.3 is 25.4 Å². The lowest BCUT2D eigenvalue weighted by molar-refractivity contribution is -0.384. The lowest BCUT2D eigenvalue weighted by Gasteiger charge is -2.25. The number of rotatable bonds is 12. The van der Waals surface area contributed by atoms with E-state index in [1.807, 2.05) is 13.8 Å². The van der Waals surface area contributed by atoms with Gasteiger partial charge in [0.1, 0.15) is 6.73 Å². The number of nitro groups is 1. The summed E-state index contributed by atoms with van der Waals surface area (Å²) in [6, 6.07) is 17.5. The molecule has 4 N–H and O–H groups in total. The van der Waals surface area contributed by atoms with Crippen molar-refractivity contribution in [2.75, 3.05) is 18.7 Å². The molecule has 4 aromatic rings. The number of aliphatic hydroxyl groups is 1. The molecule has 1 aromatic heterocycles. The van der Waals surface area contributed by atoms with E-state index in [-0.39, 0.29) is 36.2 Å². The summed E-state index contributed by atoms with van der Waals surface area (Å²) in [5.74, 6) is -1.54. The van der Waals surface area contributed by atoms with Gasteiger partial charge in [0.2, 0.25) is 5.82 Å². The Morgan fingerprint density at radius 1 is 1.09 bits per heavy atom. The molecule has 1 saturated heterocycles. The number of anilines is 1. The zero-order valence-corrected chi connectivity index (χ0v) is 25.7. The normalized spacial score (nSPS) is 15.7. The third kappa shape index (κ3) is 8.19. The highest BCUT2D eigenvalue weighted by Gasteiger charge is 2.33. The van der Waals surface area contributed by atoms with Crippen LogP contribution < -0.4 is 10.6 Å². The van der Waals surface area contributed by atoms with Crippen LogP contribution in [0.2, 0.25) is 0 Å². The molecule has 2 heterocycles. The lowest BCUT2D eigenvalue weighted by atomic mass is 9.99. The van der Waals surface area contributed by atoms with Crippen LogP contribution in [-0.2, 0) is 16.0 Å². The van der Waals surface area contributed by atoms with E-state index in [1.54, 1.807) is 54.6 Å². The van der Waals surface area contributed by atoms with Gasteiger partial charge in [0.05, 0.1) is 23.6 Å². The minimum absolute atomic E-state index is 0.0267. The van der Waals surface area contributed by atoms with Gasteiger partial charge in [0, 0.05) is 34.5 Å². The molecule has 0 aliphatic carbocycles. The number of hydrogen-bond acceptors (Lipinski definition) is 10. The van der Waals surface area contributed by atoms with E-state index in [4.69, 9.17) is 4.74 Å². The second kappa shape index (κ2) is 14.7. The van der Waals surface area contributed by atoms with Crippen LogP contribution in [0.5, 0.6) is 0 Å². The smallest absolute Gasteiger partial charge is 0.271 e. The van der Waals surface area contributed by atoms with Crippen molar-refractivity contribution in [1.82, 2.24) is 30.8 Å². The fourth-order valence-corrected chi connectivity index (χ4v) is 5.36. The van der Waals surface area contributed by atoms with E-state index in [1.165, 1.54) is 11.0 Å². The Kier molecular flexibility index (Phi) is 10.3. The number of aromatic amines is 1. The van der Waals surface area contributed by atoms with Gasteiger partial charge in [-0.1, -0.05) is 56.3 Å². The summed E-state index contributed by atoms with van der Waals surface area (Å²) in [6.45, 7) is 4.41. The average Bonchev–Trinajstić information content (AvgIpc) is 3.77. The highest BCUT2D eigenvalue weighted by atomic mass is 16.6. The molecule has 15 nitrogen and oxygen atoms in total. The minimum Gasteiger partial charge on any atom is -0.381 e. The quantitative estimate of drug-likeness (QED) is 0.131. The first-order valence-electron chi connectivity index (χ1n) is 14.9. The standard InChI is InChI=1S/C32H34N8O7/c1-19(2)11-26-17-47-18-39(26)32(44)23-13-22(15-25(16-23)40(45)46)30(42)34-27(12-20-7-4-3-5-8-20)28(41)31(43)33-24-10-6-9-21(14-24)29-35-37-38-36-29/h3-10,13-16,19,26-28,41H,11-12,17-18H2,1-2H3,(H,33,43)(H,34,42)(H,35,36,37,38)/t26-,27-,28-/m0/s1. The van der Waals surface area contributed by atoms with Crippen LogP contribution in [0.1, 0.15) is 46.5 Å². The molecule has 47 heavy (non-hydrogen) atoms. The maximum atomic E-state index is 13.6. The highest BCUT2D eigenvalue weighted by molar-refractivity contribution is 6.01. The molecule has 1 fully saturated rings. The molecule has 0 radical (unpaired) electrons. The molecule has 3 aromatic carbocycles. The zero-order chi connectivity index (χ0) is 33.5. The number of benzene rings is 3. The number of amides is 3. The van der Waals surface area contributed by atoms with E-state index in [9.17, 15) is 29.6 Å². The Hall–Kier alpha value is -5.54. The van der Waals surface area contributed by atoms with Crippen LogP contribution in [0, 0.1) is 16.0 Å². The van der Waals surface area contributed by atoms with Crippen molar-refractivity contribution in [3.63, 3.8) is 0 Å². The topological polar surface area (TPSA) is 206 Å². The number of non-ortho nitro benzene ring substituents is 1. The van der Waals surface area contributed by atoms with Gasteiger partial charge in [-0.25, -0.2) is 0 Å². The Morgan fingerprint density at radius 2 is 1.85 bits per heavy atom. The number of nitrogens with zero attached hydrogens (tertiary/aromatic N) is 5. The van der Waals surface area contributed by atoms with Crippen molar-refractivity contribution >= 4 is 29.1 Å². The SMILES string of the molecule is CC(C)C[C@H]1COCN1C(=O)c1cc(C(=O)N[C@@H](Cc2ccccc2)[C@H](O)C(=O)Nc2cccc(-c3nn[nH]n3)c2)cc([N+](=O)[O-])c1. The van der Waals surface area contributed by atoms with Crippen molar-refractivity contribution in [2.24, 2.45) is 5.92 Å². The van der Waals surface area contributed by atoms with Crippen LogP contribution in [0.15, 0.2) is 72.8 Å². The number of ether oxygens (including phenoxy) is 1. The number of nitro benzene ring substituents is 1. The first-order valence-corrected chi connectivity index (χ1v) is 14.9. The lowest BCUT2D eigenvalue weighted by Crippen LogP contribution is -2.50. The summed E-state index contributed by atoms with van der Waals surface area (Å²) in [4.78, 5) is 53.1. The molecular formula is C32H34N8O7. The predicted molar refractivity (Wildman–Crippen MR) is 169 cm³/mol. The number of carbonyl (C=O) groups is 3. The molecular weight excluding hydrogens is 608 g/mol. The summed E-state index contributed by atoms with van der Waals surface area (Å²) < 4.78 is 5.51. The van der Waals surface area contributed by atoms with Crippen molar-refractivity contribution < 1.29 is 29.2 Å². The van der Waals surface area contributed by atoms with Gasteiger partial charge in [0.15, 0.2) is 6.10 Å². The van der Waals surface area contributed by atoms with E-state index < -0.39 is 40.5 Å². The maximum Gasteiger partial charge on any atom is 0.271 e. The Morgan fingerprint density at radius 3 is 2.55 bits per heavy atom. The molecule has 1 aliphatic heterocycles. The highest BCUT2D eigenvalue weighted by Crippen LogP contribution is 2.24. The number of carbonyl (C=O) groups excluding carboxylic acids is 3. The third-order valence-corrected chi connectivity index (χ3v) is 7.62. The van der Waals surface area contributed by atoms with E-state index >= 15 is 0 Å². The number of tetrazole rings is 1. The summed E-state index contributed by atoms with van der Waals surface area (Å²) in [5, 5.41) is 42.1. The molecule has 3 atom stereocenters. The van der Waals surface area contributed by atoms with Gasteiger partial charge in [-0.2, -0.15) is 5.21 Å². The Bertz CT molecular complexity index is 1730. The Balaban J connectivity index is 1.39. The molecule has 0 unspecified atom stereocenters. The fraction of sp³-hybridized carbons (Fsp3) is 0.312.